The fourth-order valence-electron chi connectivity index (χ4n) is 0. The van der Waals surface area contributed by atoms with Crippen LogP contribution in [0.3, 0.4) is 0 Å². The molecule has 0 fully saturated rings. The Morgan fingerprint density at radius 1 is 1.15 bits per heavy atom. The molecule has 0 aliphatic carbocycles. The minimum absolute atomic E-state index is 0. The SMILES string of the molecule is CP(C)(=O)O.CS(C)(=O)=O.II.[Y]. The van der Waals surface area contributed by atoms with Gasteiger partial charge in [-0.1, -0.05) is 0 Å². The molecule has 13 heavy (non-hydrogen) atoms. The summed E-state index contributed by atoms with van der Waals surface area (Å²) in [6.45, 7) is 2.60. The number of rotatable bonds is 0. The summed E-state index contributed by atoms with van der Waals surface area (Å²) in [7, 11) is -5.31. The van der Waals surface area contributed by atoms with Gasteiger partial charge in [0.1, 0.15) is 9.84 Å². The first kappa shape index (κ1) is 24.8. The third-order valence-electron chi connectivity index (χ3n) is 0. The molecule has 0 aromatic carbocycles. The average Bonchev–Trinajstić information content (AvgIpc) is 1.59. The van der Waals surface area contributed by atoms with E-state index in [4.69, 9.17) is 4.89 Å². The van der Waals surface area contributed by atoms with Crippen molar-refractivity contribution in [1.29, 1.82) is 0 Å². The van der Waals surface area contributed by atoms with Crippen molar-refractivity contribution in [2.75, 3.05) is 25.8 Å². The summed E-state index contributed by atoms with van der Waals surface area (Å²) in [6.07, 6.45) is 2.32. The Kier molecular flexibility index (Phi) is 24.4. The summed E-state index contributed by atoms with van der Waals surface area (Å²) in [5, 5.41) is 0. The van der Waals surface area contributed by atoms with Crippen LogP contribution in [0.25, 0.3) is 0 Å². The van der Waals surface area contributed by atoms with E-state index in [1.807, 2.05) is 0 Å². The van der Waals surface area contributed by atoms with Crippen LogP contribution in [0, 0.1) is 0 Å². The summed E-state index contributed by atoms with van der Waals surface area (Å²) in [5.74, 6) is 0. The first-order valence-corrected chi connectivity index (χ1v) is 13.7. The minimum atomic E-state index is -2.67. The monoisotopic (exact) mass is 531 g/mol. The van der Waals surface area contributed by atoms with Crippen molar-refractivity contribution in [3.05, 3.63) is 0 Å². The normalized spacial score (nSPS) is 9.46. The molecule has 0 unspecified atom stereocenters. The van der Waals surface area contributed by atoms with E-state index in [1.165, 1.54) is 13.3 Å². The Bertz CT molecular complexity index is 208. The first-order valence-electron chi connectivity index (χ1n) is 2.57. The van der Waals surface area contributed by atoms with Gasteiger partial charge < -0.3 is 4.89 Å². The molecule has 0 rings (SSSR count). The molecule has 81 valence electrons. The van der Waals surface area contributed by atoms with Crippen molar-refractivity contribution in [3.63, 3.8) is 0 Å². The molecule has 0 heterocycles. The zero-order chi connectivity index (χ0) is 11.0. The largest absolute Gasteiger partial charge is 0.345 e. The molecule has 4 nitrogen and oxygen atoms in total. The quantitative estimate of drug-likeness (QED) is 0.384. The van der Waals surface area contributed by atoms with E-state index < -0.39 is 17.2 Å². The van der Waals surface area contributed by atoms with Crippen LogP contribution < -0.4 is 0 Å². The molecule has 1 radical (unpaired) electrons. The van der Waals surface area contributed by atoms with Crippen molar-refractivity contribution < 1.29 is 50.6 Å². The van der Waals surface area contributed by atoms with Crippen LogP contribution in [-0.2, 0) is 47.1 Å². The summed E-state index contributed by atoms with van der Waals surface area (Å²) in [4.78, 5) is 8.08. The van der Waals surface area contributed by atoms with Gasteiger partial charge in [0, 0.05) is 95.8 Å². The molecule has 0 aromatic heterocycles. The van der Waals surface area contributed by atoms with Crippen molar-refractivity contribution in [3.8, 4) is 0 Å². The Labute approximate surface area is 129 Å². The smallest absolute Gasteiger partial charge is 0.194 e. The molecule has 1 N–H and O–H groups in total. The number of halogens is 2. The maximum absolute atomic E-state index is 9.77. The third-order valence-corrected chi connectivity index (χ3v) is 0. The van der Waals surface area contributed by atoms with E-state index in [-0.39, 0.29) is 32.7 Å². The van der Waals surface area contributed by atoms with Gasteiger partial charge in [-0.25, -0.2) is 8.42 Å². The summed E-state index contributed by atoms with van der Waals surface area (Å²) in [5.41, 5.74) is 0. The van der Waals surface area contributed by atoms with Crippen molar-refractivity contribution in [2.45, 2.75) is 0 Å². The van der Waals surface area contributed by atoms with E-state index in [9.17, 15) is 13.0 Å². The molecule has 0 atom stereocenters. The van der Waals surface area contributed by atoms with Crippen LogP contribution in [-0.4, -0.2) is 39.2 Å². The molecular weight excluding hydrogens is 518 g/mol. The van der Waals surface area contributed by atoms with Crippen LogP contribution in [0.2, 0.25) is 0 Å². The molecule has 0 spiro atoms. The minimum Gasteiger partial charge on any atom is -0.345 e. The molecule has 0 aliphatic heterocycles. The second-order valence-corrected chi connectivity index (χ2v) is 7.31. The Morgan fingerprint density at radius 3 is 1.15 bits per heavy atom. The second-order valence-electron chi connectivity index (χ2n) is 2.44. The van der Waals surface area contributed by atoms with Crippen LogP contribution in [0.15, 0.2) is 0 Å². The predicted molar refractivity (Wildman–Crippen MR) is 70.5 cm³/mol. The molecule has 0 aliphatic rings. The van der Waals surface area contributed by atoms with E-state index in [1.54, 1.807) is 0 Å². The van der Waals surface area contributed by atoms with E-state index >= 15 is 0 Å². The standard InChI is InChI=1S/C2H7O2P.C2H6O2S.I2.Y/c2*1-5(2,3)4;1-2;/h1-2H3,(H,3,4);1-2H3;;. The fraction of sp³-hybridized carbons (Fsp3) is 1.00. The topological polar surface area (TPSA) is 71.4 Å². The van der Waals surface area contributed by atoms with Gasteiger partial charge in [-0.2, -0.15) is 0 Å². The van der Waals surface area contributed by atoms with Gasteiger partial charge in [0.25, 0.3) is 0 Å². The molecule has 0 amide bonds. The van der Waals surface area contributed by atoms with Gasteiger partial charge in [-0.05, 0) is 0 Å². The zero-order valence-corrected chi connectivity index (χ0v) is 16.7. The van der Waals surface area contributed by atoms with E-state index in [0.29, 0.717) is 0 Å². The van der Waals surface area contributed by atoms with E-state index in [0.717, 1.165) is 12.5 Å². The van der Waals surface area contributed by atoms with Crippen LogP contribution in [0.4, 0.5) is 0 Å². The zero-order valence-electron chi connectivity index (χ0n) is 7.86. The van der Waals surface area contributed by atoms with Crippen molar-refractivity contribution >= 4 is 54.4 Å². The second kappa shape index (κ2) is 12.8. The van der Waals surface area contributed by atoms with Crippen molar-refractivity contribution in [1.82, 2.24) is 0 Å². The molecule has 9 heteroatoms. The number of sulfone groups is 1. The Balaban J connectivity index is -0.0000000491. The average molecular weight is 531 g/mol. The molecular formula is C4H13I2O4PSY. The predicted octanol–water partition coefficient (Wildman–Crippen LogP) is 1.95. The van der Waals surface area contributed by atoms with Gasteiger partial charge in [0.15, 0.2) is 7.37 Å². The van der Waals surface area contributed by atoms with Crippen molar-refractivity contribution in [2.24, 2.45) is 0 Å². The summed E-state index contributed by atoms with van der Waals surface area (Å²) >= 11 is 4.24. The Morgan fingerprint density at radius 2 is 1.15 bits per heavy atom. The van der Waals surface area contributed by atoms with Gasteiger partial charge in [0.2, 0.25) is 0 Å². The van der Waals surface area contributed by atoms with Gasteiger partial charge in [-0.15, -0.1) is 0 Å². The fourth-order valence-corrected chi connectivity index (χ4v) is 0. The number of hydrogen-bond donors (Lipinski definition) is 1. The molecule has 0 saturated heterocycles. The molecule has 0 saturated carbocycles. The number of hydrogen-bond acceptors (Lipinski definition) is 3. The maximum Gasteiger partial charge on any atom is 0.194 e. The Hall–Kier alpha value is 2.70. The first-order chi connectivity index (χ1) is 5.00. The molecule has 0 aromatic rings. The van der Waals surface area contributed by atoms with Crippen LogP contribution in [0.1, 0.15) is 0 Å². The van der Waals surface area contributed by atoms with Crippen LogP contribution >= 0.6 is 44.6 Å². The van der Waals surface area contributed by atoms with Crippen LogP contribution in [0.5, 0.6) is 0 Å². The van der Waals surface area contributed by atoms with Gasteiger partial charge in [0.05, 0.1) is 0 Å². The van der Waals surface area contributed by atoms with Gasteiger partial charge >= 0.3 is 0 Å². The van der Waals surface area contributed by atoms with E-state index in [2.05, 4.69) is 37.2 Å². The summed E-state index contributed by atoms with van der Waals surface area (Å²) < 4.78 is 29.0. The maximum atomic E-state index is 9.77. The third kappa shape index (κ3) is 325. The summed E-state index contributed by atoms with van der Waals surface area (Å²) in [6, 6.07) is 0. The molecule has 0 bridgehead atoms. The van der Waals surface area contributed by atoms with Gasteiger partial charge in [-0.3, -0.25) is 4.57 Å².